The largest absolute Gasteiger partial charge is 0.380 e. The number of ether oxygens (including phenoxy) is 2. The highest BCUT2D eigenvalue weighted by Gasteiger charge is 2.14. The van der Waals surface area contributed by atoms with Gasteiger partial charge in [0.05, 0.1) is 19.3 Å². The average molecular weight is 263 g/mol. The third kappa shape index (κ3) is 5.31. The van der Waals surface area contributed by atoms with Crippen LogP contribution in [0.4, 0.5) is 0 Å². The van der Waals surface area contributed by atoms with Crippen molar-refractivity contribution >= 4 is 0 Å². The molecule has 0 aromatic heterocycles. The van der Waals surface area contributed by atoms with Gasteiger partial charge in [0, 0.05) is 20.2 Å². The van der Waals surface area contributed by atoms with Crippen molar-refractivity contribution < 1.29 is 9.47 Å². The van der Waals surface area contributed by atoms with Crippen LogP contribution in [0.2, 0.25) is 0 Å². The molecule has 1 aliphatic carbocycles. The highest BCUT2D eigenvalue weighted by atomic mass is 16.5. The van der Waals surface area contributed by atoms with Crippen molar-refractivity contribution in [3.63, 3.8) is 0 Å². The molecule has 0 aliphatic heterocycles. The van der Waals surface area contributed by atoms with Crippen molar-refractivity contribution in [2.45, 2.75) is 44.9 Å². The summed E-state index contributed by atoms with van der Waals surface area (Å²) in [5.41, 5.74) is 2.53. The van der Waals surface area contributed by atoms with E-state index < -0.39 is 0 Å². The summed E-state index contributed by atoms with van der Waals surface area (Å²) in [5.74, 6) is 0. The van der Waals surface area contributed by atoms with Crippen molar-refractivity contribution in [3.8, 4) is 0 Å². The first-order valence-corrected chi connectivity index (χ1v) is 7.27. The van der Waals surface area contributed by atoms with Crippen molar-refractivity contribution in [1.29, 1.82) is 0 Å². The van der Waals surface area contributed by atoms with Crippen molar-refractivity contribution in [2.24, 2.45) is 0 Å². The second kappa shape index (κ2) is 8.31. The molecule has 0 unspecified atom stereocenters. The summed E-state index contributed by atoms with van der Waals surface area (Å²) in [7, 11) is 1.73. The number of nitrogens with one attached hydrogen (secondary N) is 1. The second-order valence-electron chi connectivity index (χ2n) is 5.21. The quantitative estimate of drug-likeness (QED) is 0.732. The summed E-state index contributed by atoms with van der Waals surface area (Å²) < 4.78 is 11.0. The fraction of sp³-hybridized carbons (Fsp3) is 0.625. The van der Waals surface area contributed by atoms with Gasteiger partial charge in [0.2, 0.25) is 0 Å². The lowest BCUT2D eigenvalue weighted by atomic mass is 10.1. The fourth-order valence-corrected chi connectivity index (χ4v) is 2.58. The molecule has 2 rings (SSSR count). The van der Waals surface area contributed by atoms with Crippen LogP contribution >= 0.6 is 0 Å². The maximum Gasteiger partial charge on any atom is 0.0713 e. The van der Waals surface area contributed by atoms with E-state index in [4.69, 9.17) is 9.47 Å². The Bertz CT molecular complexity index is 362. The fourth-order valence-electron chi connectivity index (χ4n) is 2.58. The van der Waals surface area contributed by atoms with Crippen LogP contribution in [-0.4, -0.2) is 26.4 Å². The van der Waals surface area contributed by atoms with Crippen LogP contribution in [0.3, 0.4) is 0 Å². The van der Waals surface area contributed by atoms with Gasteiger partial charge in [0.1, 0.15) is 0 Å². The van der Waals surface area contributed by atoms with Crippen molar-refractivity contribution in [3.05, 3.63) is 35.4 Å². The van der Waals surface area contributed by atoms with Crippen LogP contribution in [0.25, 0.3) is 0 Å². The number of methoxy groups -OCH3 is 1. The van der Waals surface area contributed by atoms with Gasteiger partial charge >= 0.3 is 0 Å². The Kier molecular flexibility index (Phi) is 6.34. The normalized spacial score (nSPS) is 16.1. The molecule has 0 amide bonds. The molecule has 0 spiro atoms. The third-order valence-electron chi connectivity index (χ3n) is 3.57. The van der Waals surface area contributed by atoms with Crippen molar-refractivity contribution in [2.75, 3.05) is 20.3 Å². The Morgan fingerprint density at radius 3 is 2.79 bits per heavy atom. The van der Waals surface area contributed by atoms with E-state index in [1.807, 2.05) is 0 Å². The lowest BCUT2D eigenvalue weighted by molar-refractivity contribution is 0.0602. The minimum atomic E-state index is 0.520. The first-order valence-electron chi connectivity index (χ1n) is 7.27. The molecule has 0 bridgehead atoms. The zero-order valence-corrected chi connectivity index (χ0v) is 11.9. The molecule has 1 N–H and O–H groups in total. The molecular formula is C16H25NO2. The summed E-state index contributed by atoms with van der Waals surface area (Å²) in [6, 6.07) is 8.51. The van der Waals surface area contributed by atoms with Gasteiger partial charge in [-0.2, -0.15) is 0 Å². The number of benzene rings is 1. The molecule has 0 heterocycles. The molecule has 19 heavy (non-hydrogen) atoms. The second-order valence-corrected chi connectivity index (χ2v) is 5.21. The predicted octanol–water partition coefficient (Wildman–Crippen LogP) is 2.88. The molecule has 0 saturated heterocycles. The monoisotopic (exact) mass is 263 g/mol. The lowest BCUT2D eigenvalue weighted by Gasteiger charge is -2.11. The maximum atomic E-state index is 5.82. The van der Waals surface area contributed by atoms with Crippen molar-refractivity contribution in [1.82, 2.24) is 5.32 Å². The zero-order valence-electron chi connectivity index (χ0n) is 11.9. The Morgan fingerprint density at radius 2 is 2.00 bits per heavy atom. The van der Waals surface area contributed by atoms with Gasteiger partial charge < -0.3 is 14.8 Å². The molecule has 1 aromatic rings. The van der Waals surface area contributed by atoms with Gasteiger partial charge in [0.15, 0.2) is 0 Å². The summed E-state index contributed by atoms with van der Waals surface area (Å²) in [6.07, 6.45) is 5.69. The third-order valence-corrected chi connectivity index (χ3v) is 3.57. The average Bonchev–Trinajstić information content (AvgIpc) is 2.92. The smallest absolute Gasteiger partial charge is 0.0713 e. The first-order chi connectivity index (χ1) is 9.38. The topological polar surface area (TPSA) is 30.5 Å². The van der Waals surface area contributed by atoms with Crippen LogP contribution < -0.4 is 5.32 Å². The van der Waals surface area contributed by atoms with Gasteiger partial charge in [-0.25, -0.2) is 0 Å². The van der Waals surface area contributed by atoms with Gasteiger partial charge in [0.25, 0.3) is 0 Å². The standard InChI is InChI=1S/C16H25NO2/c1-18-13-15-6-4-5-14(11-15)12-17-9-10-19-16-7-2-3-8-16/h4-6,11,16-17H,2-3,7-10,12-13H2,1H3. The molecule has 1 fully saturated rings. The molecule has 0 atom stereocenters. The SMILES string of the molecule is COCc1cccc(CNCCOC2CCCC2)c1. The Labute approximate surface area is 116 Å². The van der Waals surface area contributed by atoms with E-state index in [-0.39, 0.29) is 0 Å². The molecular weight excluding hydrogens is 238 g/mol. The van der Waals surface area contributed by atoms with E-state index >= 15 is 0 Å². The maximum absolute atomic E-state index is 5.82. The molecule has 106 valence electrons. The molecule has 3 heteroatoms. The Hall–Kier alpha value is -0.900. The van der Waals surface area contributed by atoms with Crippen LogP contribution in [0, 0.1) is 0 Å². The highest BCUT2D eigenvalue weighted by Crippen LogP contribution is 2.20. The van der Waals surface area contributed by atoms with Crippen LogP contribution in [0.1, 0.15) is 36.8 Å². The van der Waals surface area contributed by atoms with Crippen LogP contribution in [-0.2, 0) is 22.6 Å². The number of hydrogen-bond donors (Lipinski definition) is 1. The zero-order chi connectivity index (χ0) is 13.3. The summed E-state index contributed by atoms with van der Waals surface area (Å²) in [5, 5.41) is 3.43. The number of rotatable bonds is 8. The summed E-state index contributed by atoms with van der Waals surface area (Å²) in [4.78, 5) is 0. The predicted molar refractivity (Wildman–Crippen MR) is 77.1 cm³/mol. The van der Waals surface area contributed by atoms with Crippen LogP contribution in [0.5, 0.6) is 0 Å². The first kappa shape index (κ1) is 14.5. The number of hydrogen-bond acceptors (Lipinski definition) is 3. The minimum Gasteiger partial charge on any atom is -0.380 e. The highest BCUT2D eigenvalue weighted by molar-refractivity contribution is 5.22. The lowest BCUT2D eigenvalue weighted by Crippen LogP contribution is -2.21. The van der Waals surface area contributed by atoms with Crippen LogP contribution in [0.15, 0.2) is 24.3 Å². The van der Waals surface area contributed by atoms with E-state index in [0.29, 0.717) is 12.7 Å². The van der Waals surface area contributed by atoms with Gasteiger partial charge in [-0.1, -0.05) is 37.1 Å². The van der Waals surface area contributed by atoms with E-state index in [2.05, 4.69) is 29.6 Å². The van der Waals surface area contributed by atoms with E-state index in [1.165, 1.54) is 36.8 Å². The molecule has 0 radical (unpaired) electrons. The molecule has 1 aliphatic rings. The summed E-state index contributed by atoms with van der Waals surface area (Å²) >= 11 is 0. The van der Waals surface area contributed by atoms with E-state index in [1.54, 1.807) is 7.11 Å². The molecule has 1 saturated carbocycles. The van der Waals surface area contributed by atoms with Gasteiger partial charge in [-0.15, -0.1) is 0 Å². The van der Waals surface area contributed by atoms with Gasteiger partial charge in [-0.3, -0.25) is 0 Å². The Balaban J connectivity index is 1.60. The van der Waals surface area contributed by atoms with E-state index in [0.717, 1.165) is 19.7 Å². The van der Waals surface area contributed by atoms with Gasteiger partial charge in [-0.05, 0) is 24.0 Å². The minimum absolute atomic E-state index is 0.520. The molecule has 3 nitrogen and oxygen atoms in total. The van der Waals surface area contributed by atoms with E-state index in [9.17, 15) is 0 Å². The molecule has 1 aromatic carbocycles. The summed E-state index contributed by atoms with van der Waals surface area (Å²) in [6.45, 7) is 3.32. The Morgan fingerprint density at radius 1 is 1.21 bits per heavy atom.